The maximum atomic E-state index is 12.8. The Hall–Kier alpha value is -2.55. The van der Waals surface area contributed by atoms with E-state index in [9.17, 15) is 18.0 Å². The molecule has 0 radical (unpaired) electrons. The summed E-state index contributed by atoms with van der Waals surface area (Å²) in [6, 6.07) is 16.2. The van der Waals surface area contributed by atoms with Gasteiger partial charge in [-0.25, -0.2) is 8.42 Å². The number of hydrogen-bond acceptors (Lipinski definition) is 6. The van der Waals surface area contributed by atoms with Gasteiger partial charge in [-0.1, -0.05) is 42.5 Å². The summed E-state index contributed by atoms with van der Waals surface area (Å²) in [4.78, 5) is 29.8. The number of ketones is 1. The normalized spacial score (nSPS) is 21.6. The van der Waals surface area contributed by atoms with Gasteiger partial charge >= 0.3 is 0 Å². The van der Waals surface area contributed by atoms with E-state index < -0.39 is 9.84 Å². The van der Waals surface area contributed by atoms with Gasteiger partial charge in [-0.05, 0) is 18.6 Å². The highest BCUT2D eigenvalue weighted by molar-refractivity contribution is 7.91. The summed E-state index contributed by atoms with van der Waals surface area (Å²) >= 11 is 0. The number of rotatable bonds is 6. The molecular formula is C23H27N3O4S. The Morgan fingerprint density at radius 3 is 2.29 bits per heavy atom. The summed E-state index contributed by atoms with van der Waals surface area (Å²) in [7, 11) is -2.89. The van der Waals surface area contributed by atoms with Crippen LogP contribution < -0.4 is 5.32 Å². The summed E-state index contributed by atoms with van der Waals surface area (Å²) in [6.07, 6.45) is 0.703. The van der Waals surface area contributed by atoms with Crippen molar-refractivity contribution in [3.05, 3.63) is 65.7 Å². The molecule has 0 bridgehead atoms. The van der Waals surface area contributed by atoms with Crippen molar-refractivity contribution >= 4 is 27.2 Å². The number of para-hydroxylation sites is 1. The Bertz CT molecular complexity index is 1050. The van der Waals surface area contributed by atoms with Gasteiger partial charge in [-0.3, -0.25) is 19.4 Å². The van der Waals surface area contributed by atoms with Crippen molar-refractivity contribution in [1.82, 2.24) is 9.80 Å². The number of benzene rings is 2. The highest BCUT2D eigenvalue weighted by Crippen LogP contribution is 2.21. The summed E-state index contributed by atoms with van der Waals surface area (Å²) in [5.41, 5.74) is 1.56. The predicted octanol–water partition coefficient (Wildman–Crippen LogP) is 1.66. The SMILES string of the molecule is O=C(CN1CCN(C2CCS(=O)(=O)C2)CC1)Nc1ccccc1C(=O)c1ccccc1. The lowest BCUT2D eigenvalue weighted by Crippen LogP contribution is -2.52. The molecule has 1 amide bonds. The molecule has 1 atom stereocenters. The van der Waals surface area contributed by atoms with Crippen LogP contribution in [-0.4, -0.2) is 80.2 Å². The maximum Gasteiger partial charge on any atom is 0.238 e. The fraction of sp³-hybridized carbons (Fsp3) is 0.391. The molecule has 0 saturated carbocycles. The van der Waals surface area contributed by atoms with E-state index in [1.165, 1.54) is 0 Å². The summed E-state index contributed by atoms with van der Waals surface area (Å²) in [6.45, 7) is 3.20. The second-order valence-corrected chi connectivity index (χ2v) is 10.4. The van der Waals surface area contributed by atoms with Crippen molar-refractivity contribution < 1.29 is 18.0 Å². The Morgan fingerprint density at radius 1 is 0.935 bits per heavy atom. The zero-order chi connectivity index (χ0) is 21.8. The van der Waals surface area contributed by atoms with Gasteiger partial charge in [0.05, 0.1) is 23.7 Å². The Morgan fingerprint density at radius 2 is 1.61 bits per heavy atom. The fourth-order valence-corrected chi connectivity index (χ4v) is 6.04. The molecule has 1 unspecified atom stereocenters. The van der Waals surface area contributed by atoms with Crippen LogP contribution in [0.1, 0.15) is 22.3 Å². The van der Waals surface area contributed by atoms with Crippen molar-refractivity contribution in [3.8, 4) is 0 Å². The number of carbonyl (C=O) groups is 2. The Kier molecular flexibility index (Phi) is 6.50. The standard InChI is InChI=1S/C23H27N3O4S/c27-22(16-25-11-13-26(14-12-25)19-10-15-31(29,30)17-19)24-21-9-5-4-8-20(21)23(28)18-6-2-1-3-7-18/h1-9,19H,10-17H2,(H,24,27). The van der Waals surface area contributed by atoms with E-state index in [1.807, 2.05) is 18.2 Å². The topological polar surface area (TPSA) is 86.8 Å². The highest BCUT2D eigenvalue weighted by Gasteiger charge is 2.33. The van der Waals surface area contributed by atoms with E-state index in [0.29, 0.717) is 36.3 Å². The van der Waals surface area contributed by atoms with Gasteiger partial charge < -0.3 is 5.32 Å². The van der Waals surface area contributed by atoms with Crippen molar-refractivity contribution in [2.45, 2.75) is 12.5 Å². The minimum absolute atomic E-state index is 0.108. The van der Waals surface area contributed by atoms with Crippen LogP contribution in [0.5, 0.6) is 0 Å². The molecule has 2 aromatic carbocycles. The first-order valence-electron chi connectivity index (χ1n) is 10.6. The number of amides is 1. The molecule has 31 heavy (non-hydrogen) atoms. The number of anilines is 1. The maximum absolute atomic E-state index is 12.8. The second-order valence-electron chi connectivity index (χ2n) is 8.16. The molecule has 2 fully saturated rings. The Balaban J connectivity index is 1.33. The van der Waals surface area contributed by atoms with E-state index in [1.54, 1.807) is 36.4 Å². The molecule has 1 N–H and O–H groups in total. The summed E-state index contributed by atoms with van der Waals surface area (Å²) in [5.74, 6) is 0.239. The molecule has 0 spiro atoms. The van der Waals surface area contributed by atoms with Crippen molar-refractivity contribution in [1.29, 1.82) is 0 Å². The van der Waals surface area contributed by atoms with Crippen LogP contribution in [0.4, 0.5) is 5.69 Å². The van der Waals surface area contributed by atoms with E-state index >= 15 is 0 Å². The van der Waals surface area contributed by atoms with Crippen LogP contribution in [0.15, 0.2) is 54.6 Å². The van der Waals surface area contributed by atoms with Crippen LogP contribution in [0, 0.1) is 0 Å². The Labute approximate surface area is 183 Å². The van der Waals surface area contributed by atoms with Crippen LogP contribution in [0.2, 0.25) is 0 Å². The molecule has 0 aliphatic carbocycles. The molecule has 164 valence electrons. The molecule has 2 aliphatic heterocycles. The van der Waals surface area contributed by atoms with Crippen molar-refractivity contribution in [2.24, 2.45) is 0 Å². The minimum atomic E-state index is -2.89. The van der Waals surface area contributed by atoms with E-state index in [4.69, 9.17) is 0 Å². The monoisotopic (exact) mass is 441 g/mol. The highest BCUT2D eigenvalue weighted by atomic mass is 32.2. The fourth-order valence-electron chi connectivity index (χ4n) is 4.28. The van der Waals surface area contributed by atoms with Crippen molar-refractivity contribution in [3.63, 3.8) is 0 Å². The third kappa shape index (κ3) is 5.39. The van der Waals surface area contributed by atoms with Crippen LogP contribution in [0.25, 0.3) is 0 Å². The lowest BCUT2D eigenvalue weighted by atomic mass is 10.0. The van der Waals surface area contributed by atoms with Gasteiger partial charge in [0.25, 0.3) is 0 Å². The van der Waals surface area contributed by atoms with Crippen LogP contribution >= 0.6 is 0 Å². The minimum Gasteiger partial charge on any atom is -0.324 e. The zero-order valence-corrected chi connectivity index (χ0v) is 18.2. The third-order valence-electron chi connectivity index (χ3n) is 5.98. The molecule has 4 rings (SSSR count). The number of hydrogen-bond donors (Lipinski definition) is 1. The predicted molar refractivity (Wildman–Crippen MR) is 120 cm³/mol. The second kappa shape index (κ2) is 9.30. The average Bonchev–Trinajstić information content (AvgIpc) is 3.14. The molecule has 8 heteroatoms. The lowest BCUT2D eigenvalue weighted by molar-refractivity contribution is -0.117. The van der Waals surface area contributed by atoms with Gasteiger partial charge in [0, 0.05) is 43.3 Å². The smallest absolute Gasteiger partial charge is 0.238 e. The van der Waals surface area contributed by atoms with Crippen molar-refractivity contribution in [2.75, 3.05) is 49.5 Å². The van der Waals surface area contributed by atoms with Gasteiger partial charge in [0.2, 0.25) is 5.91 Å². The first kappa shape index (κ1) is 21.7. The van der Waals surface area contributed by atoms with Gasteiger partial charge in [-0.15, -0.1) is 0 Å². The number of piperazine rings is 1. The molecule has 7 nitrogen and oxygen atoms in total. The number of sulfone groups is 1. The third-order valence-corrected chi connectivity index (χ3v) is 7.73. The molecule has 2 heterocycles. The van der Waals surface area contributed by atoms with Crippen LogP contribution in [0.3, 0.4) is 0 Å². The number of nitrogens with one attached hydrogen (secondary N) is 1. The summed E-state index contributed by atoms with van der Waals surface area (Å²) in [5, 5.41) is 2.89. The zero-order valence-electron chi connectivity index (χ0n) is 17.4. The van der Waals surface area contributed by atoms with Gasteiger partial charge in [0.15, 0.2) is 15.6 Å². The largest absolute Gasteiger partial charge is 0.324 e. The molecule has 2 saturated heterocycles. The van der Waals surface area contributed by atoms with Gasteiger partial charge in [0.1, 0.15) is 0 Å². The molecule has 2 aromatic rings. The van der Waals surface area contributed by atoms with Crippen LogP contribution in [-0.2, 0) is 14.6 Å². The molecule has 2 aliphatic rings. The first-order chi connectivity index (χ1) is 14.9. The van der Waals surface area contributed by atoms with Gasteiger partial charge in [-0.2, -0.15) is 0 Å². The summed E-state index contributed by atoms with van der Waals surface area (Å²) < 4.78 is 23.4. The van der Waals surface area contributed by atoms with E-state index in [0.717, 1.165) is 13.1 Å². The number of carbonyl (C=O) groups excluding carboxylic acids is 2. The quantitative estimate of drug-likeness (QED) is 0.686. The van der Waals surface area contributed by atoms with E-state index in [2.05, 4.69) is 15.1 Å². The van der Waals surface area contributed by atoms with E-state index in [-0.39, 0.29) is 35.8 Å². The molecular weight excluding hydrogens is 414 g/mol. The molecule has 0 aromatic heterocycles. The average molecular weight is 442 g/mol. The number of nitrogens with zero attached hydrogens (tertiary/aromatic N) is 2. The lowest BCUT2D eigenvalue weighted by Gasteiger charge is -2.37. The first-order valence-corrected chi connectivity index (χ1v) is 12.4.